The maximum Gasteiger partial charge on any atom is 0.164 e. The summed E-state index contributed by atoms with van der Waals surface area (Å²) in [6.45, 7) is 0. The molecule has 0 aliphatic heterocycles. The Kier molecular flexibility index (Phi) is 3.49. The van der Waals surface area contributed by atoms with Crippen LogP contribution in [-0.2, 0) is 0 Å². The van der Waals surface area contributed by atoms with E-state index < -0.39 is 0 Å². The van der Waals surface area contributed by atoms with Gasteiger partial charge >= 0.3 is 0 Å². The van der Waals surface area contributed by atoms with Crippen molar-refractivity contribution in [3.8, 4) is 27.8 Å². The molecule has 0 aliphatic rings. The van der Waals surface area contributed by atoms with Crippen LogP contribution in [0.5, 0.6) is 17.2 Å². The molecular formula is C12H13NO3S. The van der Waals surface area contributed by atoms with Crippen LogP contribution in [0.15, 0.2) is 23.7 Å². The monoisotopic (exact) mass is 251 g/mol. The van der Waals surface area contributed by atoms with E-state index >= 15 is 0 Å². The molecule has 0 spiro atoms. The SMILES string of the molecule is COc1cc(OC)c(-c2nccs2)cc1OC. The third-order valence-corrected chi connectivity index (χ3v) is 3.17. The minimum atomic E-state index is 0.643. The minimum Gasteiger partial charge on any atom is -0.496 e. The van der Waals surface area contributed by atoms with E-state index in [0.717, 1.165) is 16.3 Å². The first kappa shape index (κ1) is 11.7. The lowest BCUT2D eigenvalue weighted by Crippen LogP contribution is -1.94. The molecule has 17 heavy (non-hydrogen) atoms. The van der Waals surface area contributed by atoms with Gasteiger partial charge in [0.15, 0.2) is 11.5 Å². The van der Waals surface area contributed by atoms with Crippen molar-refractivity contribution in [3.05, 3.63) is 23.7 Å². The van der Waals surface area contributed by atoms with Crippen LogP contribution >= 0.6 is 11.3 Å². The summed E-state index contributed by atoms with van der Waals surface area (Å²) >= 11 is 1.55. The number of rotatable bonds is 4. The van der Waals surface area contributed by atoms with Crippen LogP contribution in [0.1, 0.15) is 0 Å². The maximum absolute atomic E-state index is 5.34. The second-order valence-corrected chi connectivity index (χ2v) is 4.14. The van der Waals surface area contributed by atoms with Crippen molar-refractivity contribution in [1.29, 1.82) is 0 Å². The zero-order chi connectivity index (χ0) is 12.3. The summed E-state index contributed by atoms with van der Waals surface area (Å²) in [5.74, 6) is 2.03. The van der Waals surface area contributed by atoms with Crippen molar-refractivity contribution in [3.63, 3.8) is 0 Å². The predicted octanol–water partition coefficient (Wildman–Crippen LogP) is 2.84. The van der Waals surface area contributed by atoms with Gasteiger partial charge in [0.2, 0.25) is 0 Å². The number of aromatic nitrogens is 1. The van der Waals surface area contributed by atoms with E-state index in [1.807, 2.05) is 11.4 Å². The van der Waals surface area contributed by atoms with E-state index in [1.165, 1.54) is 0 Å². The predicted molar refractivity (Wildman–Crippen MR) is 67.2 cm³/mol. The molecule has 0 fully saturated rings. The fraction of sp³-hybridized carbons (Fsp3) is 0.250. The van der Waals surface area contributed by atoms with Gasteiger partial charge in [0.25, 0.3) is 0 Å². The summed E-state index contributed by atoms with van der Waals surface area (Å²) in [4.78, 5) is 4.27. The first-order chi connectivity index (χ1) is 8.30. The van der Waals surface area contributed by atoms with Crippen molar-refractivity contribution in [2.45, 2.75) is 0 Å². The molecule has 0 amide bonds. The van der Waals surface area contributed by atoms with Gasteiger partial charge in [-0.25, -0.2) is 4.98 Å². The molecule has 2 aromatic rings. The third-order valence-electron chi connectivity index (χ3n) is 2.37. The number of nitrogens with zero attached hydrogens (tertiary/aromatic N) is 1. The molecule has 4 nitrogen and oxygen atoms in total. The third kappa shape index (κ3) is 2.19. The Hall–Kier alpha value is -1.75. The van der Waals surface area contributed by atoms with Gasteiger partial charge in [-0.3, -0.25) is 0 Å². The molecule has 0 saturated heterocycles. The molecule has 0 saturated carbocycles. The molecule has 0 unspecified atom stereocenters. The summed E-state index contributed by atoms with van der Waals surface area (Å²) in [6, 6.07) is 3.67. The molecule has 0 aliphatic carbocycles. The average molecular weight is 251 g/mol. The van der Waals surface area contributed by atoms with Crippen LogP contribution in [0, 0.1) is 0 Å². The molecule has 0 N–H and O–H groups in total. The maximum atomic E-state index is 5.34. The van der Waals surface area contributed by atoms with Crippen molar-refractivity contribution >= 4 is 11.3 Å². The van der Waals surface area contributed by atoms with Gasteiger partial charge in [-0.1, -0.05) is 0 Å². The van der Waals surface area contributed by atoms with Crippen LogP contribution in [-0.4, -0.2) is 26.3 Å². The Bertz CT molecular complexity index is 497. The van der Waals surface area contributed by atoms with Crippen molar-refractivity contribution in [2.75, 3.05) is 21.3 Å². The van der Waals surface area contributed by atoms with Crippen LogP contribution < -0.4 is 14.2 Å². The van der Waals surface area contributed by atoms with Gasteiger partial charge in [-0.05, 0) is 6.07 Å². The highest BCUT2D eigenvalue weighted by molar-refractivity contribution is 7.13. The summed E-state index contributed by atoms with van der Waals surface area (Å²) in [5, 5.41) is 2.81. The van der Waals surface area contributed by atoms with Crippen molar-refractivity contribution < 1.29 is 14.2 Å². The van der Waals surface area contributed by atoms with E-state index in [9.17, 15) is 0 Å². The van der Waals surface area contributed by atoms with E-state index in [2.05, 4.69) is 4.98 Å². The summed E-state index contributed by atoms with van der Waals surface area (Å²) in [7, 11) is 4.83. The largest absolute Gasteiger partial charge is 0.496 e. The lowest BCUT2D eigenvalue weighted by Gasteiger charge is -2.12. The smallest absolute Gasteiger partial charge is 0.164 e. The second-order valence-electron chi connectivity index (χ2n) is 3.24. The Balaban J connectivity index is 2.58. The molecule has 5 heteroatoms. The van der Waals surface area contributed by atoms with E-state index in [1.54, 1.807) is 44.9 Å². The molecule has 2 rings (SSSR count). The Morgan fingerprint density at radius 2 is 1.59 bits per heavy atom. The number of hydrogen-bond donors (Lipinski definition) is 0. The highest BCUT2D eigenvalue weighted by Crippen LogP contribution is 2.40. The fourth-order valence-electron chi connectivity index (χ4n) is 1.55. The lowest BCUT2D eigenvalue weighted by molar-refractivity contribution is 0.349. The molecule has 90 valence electrons. The first-order valence-electron chi connectivity index (χ1n) is 5.00. The highest BCUT2D eigenvalue weighted by atomic mass is 32.1. The summed E-state index contributed by atoms with van der Waals surface area (Å²) in [5.41, 5.74) is 0.903. The van der Waals surface area contributed by atoms with Gasteiger partial charge in [-0.15, -0.1) is 11.3 Å². The number of ether oxygens (including phenoxy) is 3. The van der Waals surface area contributed by atoms with Crippen LogP contribution in [0.3, 0.4) is 0 Å². The fourth-order valence-corrected chi connectivity index (χ4v) is 2.21. The quantitative estimate of drug-likeness (QED) is 0.837. The van der Waals surface area contributed by atoms with Gasteiger partial charge in [0.1, 0.15) is 10.8 Å². The second kappa shape index (κ2) is 5.05. The zero-order valence-electron chi connectivity index (χ0n) is 9.89. The lowest BCUT2D eigenvalue weighted by atomic mass is 10.2. The minimum absolute atomic E-state index is 0.643. The number of benzene rings is 1. The van der Waals surface area contributed by atoms with Crippen molar-refractivity contribution in [2.24, 2.45) is 0 Å². The Morgan fingerprint density at radius 3 is 2.12 bits per heavy atom. The van der Waals surface area contributed by atoms with Crippen molar-refractivity contribution in [1.82, 2.24) is 4.98 Å². The van der Waals surface area contributed by atoms with E-state index in [-0.39, 0.29) is 0 Å². The topological polar surface area (TPSA) is 40.6 Å². The number of hydrogen-bond acceptors (Lipinski definition) is 5. The average Bonchev–Trinajstić information content (AvgIpc) is 2.90. The summed E-state index contributed by atoms with van der Waals surface area (Å²) < 4.78 is 15.8. The number of thiazole rings is 1. The normalized spacial score (nSPS) is 10.1. The molecule has 1 aromatic carbocycles. The van der Waals surface area contributed by atoms with Crippen LogP contribution in [0.2, 0.25) is 0 Å². The Morgan fingerprint density at radius 1 is 0.941 bits per heavy atom. The summed E-state index contributed by atoms with van der Waals surface area (Å²) in [6.07, 6.45) is 1.76. The van der Waals surface area contributed by atoms with Crippen LogP contribution in [0.25, 0.3) is 10.6 Å². The number of methoxy groups -OCH3 is 3. The van der Waals surface area contributed by atoms with Gasteiger partial charge in [0.05, 0.1) is 26.9 Å². The molecule has 1 aromatic heterocycles. The van der Waals surface area contributed by atoms with E-state index in [4.69, 9.17) is 14.2 Å². The molecule has 1 heterocycles. The van der Waals surface area contributed by atoms with Crippen LogP contribution in [0.4, 0.5) is 0 Å². The molecular weight excluding hydrogens is 238 g/mol. The zero-order valence-corrected chi connectivity index (χ0v) is 10.7. The standard InChI is InChI=1S/C12H13NO3S/c1-14-9-7-11(16-3)10(15-2)6-8(9)12-13-4-5-17-12/h4-7H,1-3H3. The molecule has 0 bridgehead atoms. The Labute approximate surface area is 104 Å². The van der Waals surface area contributed by atoms with Gasteiger partial charge in [-0.2, -0.15) is 0 Å². The molecule has 0 radical (unpaired) electrons. The molecule has 0 atom stereocenters. The van der Waals surface area contributed by atoms with Gasteiger partial charge < -0.3 is 14.2 Å². The van der Waals surface area contributed by atoms with E-state index in [0.29, 0.717) is 11.5 Å². The highest BCUT2D eigenvalue weighted by Gasteiger charge is 2.14. The van der Waals surface area contributed by atoms with Gasteiger partial charge in [0, 0.05) is 17.6 Å². The first-order valence-corrected chi connectivity index (χ1v) is 5.88.